The fourth-order valence-electron chi connectivity index (χ4n) is 1.90. The molecule has 0 radical (unpaired) electrons. The highest BCUT2D eigenvalue weighted by Crippen LogP contribution is 2.08. The number of rotatable bonds is 1. The Morgan fingerprint density at radius 1 is 1.00 bits per heavy atom. The van der Waals surface area contributed by atoms with Crippen molar-refractivity contribution in [1.82, 2.24) is 9.80 Å². The maximum absolute atomic E-state index is 10.4. The van der Waals surface area contributed by atoms with E-state index in [-0.39, 0.29) is 4.90 Å². The van der Waals surface area contributed by atoms with Crippen LogP contribution in [0.4, 0.5) is 0 Å². The zero-order valence-corrected chi connectivity index (χ0v) is 14.6. The second-order valence-corrected chi connectivity index (χ2v) is 6.63. The summed E-state index contributed by atoms with van der Waals surface area (Å²) in [6.07, 6.45) is 0. The van der Waals surface area contributed by atoms with E-state index in [1.165, 1.54) is 18.1 Å². The summed E-state index contributed by atoms with van der Waals surface area (Å²) in [7, 11) is 7.95. The summed E-state index contributed by atoms with van der Waals surface area (Å²) in [5.41, 5.74) is 0.928. The molecule has 1 aromatic rings. The van der Waals surface area contributed by atoms with E-state index in [4.69, 9.17) is 0 Å². The zero-order chi connectivity index (χ0) is 16.8. The average molecular weight is 315 g/mol. The first kappa shape index (κ1) is 19.4. The van der Waals surface area contributed by atoms with Crippen LogP contribution in [0.3, 0.4) is 0 Å². The van der Waals surface area contributed by atoms with Gasteiger partial charge in [0.25, 0.3) is 0 Å². The highest BCUT2D eigenvalue weighted by atomic mass is 32.2. The van der Waals surface area contributed by atoms with Gasteiger partial charge in [0.05, 0.1) is 47.2 Å². The smallest absolute Gasteiger partial charge is 0.349 e. The van der Waals surface area contributed by atoms with Crippen LogP contribution in [0.15, 0.2) is 29.2 Å². The largest absolute Gasteiger partial charge is 0.744 e. The average Bonchev–Trinajstić information content (AvgIpc) is 2.26. The van der Waals surface area contributed by atoms with E-state index in [2.05, 4.69) is 14.4 Å². The standard InChI is InChI=1S/C7H18N3.C7H8O3S/c1-8(2)7(9(3)4)10(5)6;1-6-2-4-7(5-3-6)11(8,9)10/h1-6H3;2-5H,1H3,(H,8,9,10)/q+1;/p-1. The van der Waals surface area contributed by atoms with Crippen molar-refractivity contribution in [3.8, 4) is 0 Å². The van der Waals surface area contributed by atoms with Crippen molar-refractivity contribution in [3.05, 3.63) is 29.8 Å². The molecule has 0 amide bonds. The van der Waals surface area contributed by atoms with Crippen LogP contribution >= 0.6 is 0 Å². The van der Waals surface area contributed by atoms with Gasteiger partial charge in [0.2, 0.25) is 0 Å². The normalized spacial score (nSPS) is 10.3. The van der Waals surface area contributed by atoms with Gasteiger partial charge in [0.15, 0.2) is 0 Å². The molecule has 0 heterocycles. The first-order chi connectivity index (χ1) is 9.46. The molecular formula is C14H25N3O3S. The van der Waals surface area contributed by atoms with E-state index >= 15 is 0 Å². The minimum Gasteiger partial charge on any atom is -0.744 e. The van der Waals surface area contributed by atoms with E-state index < -0.39 is 10.1 Å². The number of benzene rings is 1. The van der Waals surface area contributed by atoms with Crippen LogP contribution in [0, 0.1) is 6.92 Å². The predicted molar refractivity (Wildman–Crippen MR) is 83.6 cm³/mol. The fraction of sp³-hybridized carbons (Fsp3) is 0.500. The van der Waals surface area contributed by atoms with Gasteiger partial charge in [-0.05, 0) is 19.1 Å². The third-order valence-corrected chi connectivity index (χ3v) is 3.36. The molecule has 1 aromatic carbocycles. The summed E-state index contributed by atoms with van der Waals surface area (Å²) in [4.78, 5) is 3.99. The Kier molecular flexibility index (Phi) is 7.38. The highest BCUT2D eigenvalue weighted by Gasteiger charge is 2.12. The fourth-order valence-corrected chi connectivity index (χ4v) is 2.37. The third-order valence-electron chi connectivity index (χ3n) is 2.51. The van der Waals surface area contributed by atoms with Crippen molar-refractivity contribution >= 4 is 16.1 Å². The molecule has 0 spiro atoms. The van der Waals surface area contributed by atoms with Gasteiger partial charge >= 0.3 is 5.96 Å². The van der Waals surface area contributed by atoms with Gasteiger partial charge in [-0.2, -0.15) is 0 Å². The summed E-state index contributed by atoms with van der Waals surface area (Å²) in [5, 5.41) is 0. The molecule has 0 N–H and O–H groups in total. The topological polar surface area (TPSA) is 66.7 Å². The molecule has 0 unspecified atom stereocenters. The summed E-state index contributed by atoms with van der Waals surface area (Å²) < 4.78 is 33.2. The zero-order valence-electron chi connectivity index (χ0n) is 13.8. The van der Waals surface area contributed by atoms with Crippen LogP contribution in [0.1, 0.15) is 5.56 Å². The molecule has 0 aliphatic rings. The summed E-state index contributed by atoms with van der Waals surface area (Å²) >= 11 is 0. The molecule has 0 aromatic heterocycles. The number of hydrogen-bond acceptors (Lipinski definition) is 3. The lowest BCUT2D eigenvalue weighted by molar-refractivity contribution is -0.475. The van der Waals surface area contributed by atoms with E-state index in [9.17, 15) is 13.0 Å². The minimum absolute atomic E-state index is 0.178. The number of guanidine groups is 1. The number of hydrogen-bond donors (Lipinski definition) is 0. The molecule has 1 rings (SSSR count). The van der Waals surface area contributed by atoms with Gasteiger partial charge in [-0.15, -0.1) is 0 Å². The lowest BCUT2D eigenvalue weighted by Crippen LogP contribution is -2.40. The minimum atomic E-state index is -4.27. The van der Waals surface area contributed by atoms with Gasteiger partial charge in [-0.3, -0.25) is 14.4 Å². The Labute approximate surface area is 128 Å². The lowest BCUT2D eigenvalue weighted by Gasteiger charge is -2.16. The van der Waals surface area contributed by atoms with Crippen LogP contribution in [0.25, 0.3) is 0 Å². The summed E-state index contributed by atoms with van der Waals surface area (Å²) in [6.45, 7) is 1.82. The molecule has 0 aliphatic heterocycles. The van der Waals surface area contributed by atoms with Crippen molar-refractivity contribution < 1.29 is 17.5 Å². The van der Waals surface area contributed by atoms with Crippen molar-refractivity contribution in [2.45, 2.75) is 11.8 Å². The quantitative estimate of drug-likeness (QED) is 0.329. The maximum atomic E-state index is 10.4. The Bertz CT molecular complexity index is 562. The van der Waals surface area contributed by atoms with Crippen LogP contribution in [-0.4, -0.2) is 75.6 Å². The summed E-state index contributed by atoms with van der Waals surface area (Å²) in [5.74, 6) is 1.19. The monoisotopic (exact) mass is 315 g/mol. The number of aryl methyl sites for hydroxylation is 1. The highest BCUT2D eigenvalue weighted by molar-refractivity contribution is 7.85. The molecule has 7 heteroatoms. The molecule has 6 nitrogen and oxygen atoms in total. The Balaban J connectivity index is 0.000000384. The third kappa shape index (κ3) is 7.10. The van der Waals surface area contributed by atoms with Crippen LogP contribution in [0.2, 0.25) is 0 Å². The Morgan fingerprint density at radius 3 is 1.57 bits per heavy atom. The van der Waals surface area contributed by atoms with Gasteiger partial charge in [-0.1, -0.05) is 17.7 Å². The molecule has 120 valence electrons. The second-order valence-electron chi connectivity index (χ2n) is 5.25. The predicted octanol–water partition coefficient (Wildman–Crippen LogP) is 0.637. The van der Waals surface area contributed by atoms with Crippen LogP contribution in [-0.2, 0) is 10.1 Å². The molecule has 0 bridgehead atoms. The molecule has 0 saturated carbocycles. The van der Waals surface area contributed by atoms with Gasteiger partial charge in [0, 0.05) is 0 Å². The first-order valence-corrected chi connectivity index (χ1v) is 7.79. The SMILES string of the molecule is CN(C)C(N(C)C)=[N+](C)C.Cc1ccc(S(=O)(=O)[O-])cc1. The Hall–Kier alpha value is -1.60. The van der Waals surface area contributed by atoms with Crippen molar-refractivity contribution in [2.24, 2.45) is 0 Å². The van der Waals surface area contributed by atoms with Gasteiger partial charge < -0.3 is 4.55 Å². The van der Waals surface area contributed by atoms with E-state index in [1.807, 2.05) is 49.2 Å². The van der Waals surface area contributed by atoms with E-state index in [1.54, 1.807) is 12.1 Å². The van der Waals surface area contributed by atoms with E-state index in [0.717, 1.165) is 5.56 Å². The van der Waals surface area contributed by atoms with E-state index in [0.29, 0.717) is 0 Å². The lowest BCUT2D eigenvalue weighted by atomic mass is 10.2. The molecule has 21 heavy (non-hydrogen) atoms. The number of nitrogens with zero attached hydrogens (tertiary/aromatic N) is 3. The van der Waals surface area contributed by atoms with Gasteiger partial charge in [-0.25, -0.2) is 8.42 Å². The van der Waals surface area contributed by atoms with Crippen molar-refractivity contribution in [1.29, 1.82) is 0 Å². The maximum Gasteiger partial charge on any atom is 0.349 e. The van der Waals surface area contributed by atoms with Crippen LogP contribution in [0.5, 0.6) is 0 Å². The molecular weight excluding hydrogens is 290 g/mol. The first-order valence-electron chi connectivity index (χ1n) is 6.38. The molecule has 0 fully saturated rings. The molecule has 0 aliphatic carbocycles. The molecule has 0 saturated heterocycles. The van der Waals surface area contributed by atoms with Crippen molar-refractivity contribution in [2.75, 3.05) is 42.3 Å². The Morgan fingerprint density at radius 2 is 1.38 bits per heavy atom. The summed E-state index contributed by atoms with van der Waals surface area (Å²) in [6, 6.07) is 5.78. The molecule has 0 atom stereocenters. The second kappa shape index (κ2) is 7.99. The van der Waals surface area contributed by atoms with Crippen molar-refractivity contribution in [3.63, 3.8) is 0 Å². The van der Waals surface area contributed by atoms with Gasteiger partial charge in [0.1, 0.15) is 10.1 Å². The van der Waals surface area contributed by atoms with Crippen LogP contribution < -0.4 is 0 Å².